The van der Waals surface area contributed by atoms with Gasteiger partial charge in [0.15, 0.2) is 0 Å². The third kappa shape index (κ3) is 2.10. The van der Waals surface area contributed by atoms with E-state index in [1.807, 2.05) is 18.7 Å². The molecule has 6 nitrogen and oxygen atoms in total. The standard InChI is InChI=1S/C15H19N3O3/c1-15(2)12-9-11(18(20)21)3-4-13(12)17(14(15)19)10-5-7-16-8-6-10/h3-4,9-10,16H,5-8H2,1-2H3. The molecule has 2 heterocycles. The van der Waals surface area contributed by atoms with Crippen molar-refractivity contribution in [3.05, 3.63) is 33.9 Å². The summed E-state index contributed by atoms with van der Waals surface area (Å²) in [6.45, 7) is 5.49. The molecule has 0 aromatic heterocycles. The molecule has 2 aliphatic heterocycles. The van der Waals surface area contributed by atoms with E-state index in [1.54, 1.807) is 12.1 Å². The van der Waals surface area contributed by atoms with Crippen LogP contribution in [0.15, 0.2) is 18.2 Å². The Morgan fingerprint density at radius 2 is 2.00 bits per heavy atom. The summed E-state index contributed by atoms with van der Waals surface area (Å²) >= 11 is 0. The highest BCUT2D eigenvalue weighted by atomic mass is 16.6. The van der Waals surface area contributed by atoms with Crippen molar-refractivity contribution in [3.63, 3.8) is 0 Å². The summed E-state index contributed by atoms with van der Waals surface area (Å²) < 4.78 is 0. The number of nitrogens with zero attached hydrogens (tertiary/aromatic N) is 2. The number of hydrogen-bond acceptors (Lipinski definition) is 4. The number of carbonyl (C=O) groups excluding carboxylic acids is 1. The summed E-state index contributed by atoms with van der Waals surface area (Å²) in [5.74, 6) is 0.0462. The van der Waals surface area contributed by atoms with Crippen molar-refractivity contribution in [1.29, 1.82) is 0 Å². The molecule has 112 valence electrons. The van der Waals surface area contributed by atoms with Crippen LogP contribution in [-0.4, -0.2) is 30.0 Å². The molecule has 0 spiro atoms. The molecule has 1 aromatic carbocycles. The third-order valence-electron chi connectivity index (χ3n) is 4.55. The van der Waals surface area contributed by atoms with E-state index in [9.17, 15) is 14.9 Å². The molecule has 0 unspecified atom stereocenters. The fourth-order valence-corrected chi connectivity index (χ4v) is 3.30. The van der Waals surface area contributed by atoms with Gasteiger partial charge in [-0.2, -0.15) is 0 Å². The molecular formula is C15H19N3O3. The van der Waals surface area contributed by atoms with Crippen molar-refractivity contribution < 1.29 is 9.72 Å². The van der Waals surface area contributed by atoms with Gasteiger partial charge in [-0.3, -0.25) is 14.9 Å². The SMILES string of the molecule is CC1(C)C(=O)N(C2CCNCC2)c2ccc([N+](=O)[O-])cc21. The van der Waals surface area contributed by atoms with Crippen LogP contribution in [0.4, 0.5) is 11.4 Å². The normalized spacial score (nSPS) is 21.4. The summed E-state index contributed by atoms with van der Waals surface area (Å²) in [6, 6.07) is 4.94. The fraction of sp³-hybridized carbons (Fsp3) is 0.533. The number of nitrogens with one attached hydrogen (secondary N) is 1. The number of hydrogen-bond donors (Lipinski definition) is 1. The molecule has 1 fully saturated rings. The monoisotopic (exact) mass is 289 g/mol. The lowest BCUT2D eigenvalue weighted by Gasteiger charge is -2.33. The topological polar surface area (TPSA) is 75.5 Å². The van der Waals surface area contributed by atoms with E-state index >= 15 is 0 Å². The second kappa shape index (κ2) is 4.80. The Kier molecular flexibility index (Phi) is 3.20. The van der Waals surface area contributed by atoms with Crippen LogP contribution in [0.1, 0.15) is 32.3 Å². The zero-order valence-corrected chi connectivity index (χ0v) is 12.3. The minimum atomic E-state index is -0.702. The predicted octanol–water partition coefficient (Wildman–Crippen LogP) is 1.97. The van der Waals surface area contributed by atoms with E-state index in [1.165, 1.54) is 6.07 Å². The van der Waals surface area contributed by atoms with Crippen molar-refractivity contribution in [3.8, 4) is 0 Å². The highest BCUT2D eigenvalue weighted by Crippen LogP contribution is 2.44. The maximum absolute atomic E-state index is 12.8. The fourth-order valence-electron chi connectivity index (χ4n) is 3.30. The highest BCUT2D eigenvalue weighted by molar-refractivity contribution is 6.08. The largest absolute Gasteiger partial charge is 0.317 e. The Bertz CT molecular complexity index is 606. The average molecular weight is 289 g/mol. The summed E-state index contributed by atoms with van der Waals surface area (Å²) in [4.78, 5) is 25.2. The van der Waals surface area contributed by atoms with Crippen LogP contribution in [-0.2, 0) is 10.2 Å². The number of carbonyl (C=O) groups is 1. The second-order valence-corrected chi connectivity index (χ2v) is 6.24. The molecule has 0 bridgehead atoms. The molecule has 1 aromatic rings. The maximum Gasteiger partial charge on any atom is 0.269 e. The lowest BCUT2D eigenvalue weighted by molar-refractivity contribution is -0.384. The van der Waals surface area contributed by atoms with E-state index in [0.717, 1.165) is 37.2 Å². The van der Waals surface area contributed by atoms with Gasteiger partial charge in [-0.1, -0.05) is 0 Å². The smallest absolute Gasteiger partial charge is 0.269 e. The molecule has 0 saturated carbocycles. The van der Waals surface area contributed by atoms with Gasteiger partial charge in [0.2, 0.25) is 5.91 Å². The Labute approximate surface area is 123 Å². The van der Waals surface area contributed by atoms with Gasteiger partial charge in [0.1, 0.15) is 0 Å². The van der Waals surface area contributed by atoms with Gasteiger partial charge < -0.3 is 10.2 Å². The molecule has 1 N–H and O–H groups in total. The van der Waals surface area contributed by atoms with Gasteiger partial charge in [0.05, 0.1) is 10.3 Å². The van der Waals surface area contributed by atoms with Crippen molar-refractivity contribution in [1.82, 2.24) is 5.32 Å². The van der Waals surface area contributed by atoms with Crippen molar-refractivity contribution >= 4 is 17.3 Å². The zero-order valence-electron chi connectivity index (χ0n) is 12.3. The van der Waals surface area contributed by atoms with Gasteiger partial charge in [-0.15, -0.1) is 0 Å². The molecule has 1 saturated heterocycles. The summed E-state index contributed by atoms with van der Waals surface area (Å²) in [5, 5.41) is 14.3. The maximum atomic E-state index is 12.8. The number of rotatable bonds is 2. The molecule has 0 atom stereocenters. The predicted molar refractivity (Wildman–Crippen MR) is 79.5 cm³/mol. The lowest BCUT2D eigenvalue weighted by Crippen LogP contribution is -2.47. The molecule has 21 heavy (non-hydrogen) atoms. The number of nitro benzene ring substituents is 1. The van der Waals surface area contributed by atoms with Crippen molar-refractivity contribution in [2.24, 2.45) is 0 Å². The molecule has 3 rings (SSSR count). The summed E-state index contributed by atoms with van der Waals surface area (Å²) in [6.07, 6.45) is 1.83. The Balaban J connectivity index is 2.06. The average Bonchev–Trinajstić information content (AvgIpc) is 2.67. The van der Waals surface area contributed by atoms with Crippen LogP contribution in [0.2, 0.25) is 0 Å². The van der Waals surface area contributed by atoms with E-state index in [2.05, 4.69) is 5.32 Å². The first kappa shape index (κ1) is 14.0. The van der Waals surface area contributed by atoms with Crippen LogP contribution in [0, 0.1) is 10.1 Å². The Morgan fingerprint density at radius 3 is 2.62 bits per heavy atom. The van der Waals surface area contributed by atoms with Crippen LogP contribution in [0.3, 0.4) is 0 Å². The van der Waals surface area contributed by atoms with Crippen LogP contribution in [0.5, 0.6) is 0 Å². The third-order valence-corrected chi connectivity index (χ3v) is 4.55. The summed E-state index contributed by atoms with van der Waals surface area (Å²) in [5.41, 5.74) is 0.941. The first-order valence-electron chi connectivity index (χ1n) is 7.26. The molecular weight excluding hydrogens is 270 g/mol. The molecule has 0 radical (unpaired) electrons. The minimum Gasteiger partial charge on any atom is -0.317 e. The molecule has 6 heteroatoms. The second-order valence-electron chi connectivity index (χ2n) is 6.24. The van der Waals surface area contributed by atoms with Crippen LogP contribution in [0.25, 0.3) is 0 Å². The van der Waals surface area contributed by atoms with Crippen molar-refractivity contribution in [2.75, 3.05) is 18.0 Å². The number of nitro groups is 1. The first-order chi connectivity index (χ1) is 9.93. The van der Waals surface area contributed by atoms with E-state index in [0.29, 0.717) is 0 Å². The van der Waals surface area contributed by atoms with Gasteiger partial charge in [0, 0.05) is 23.9 Å². The molecule has 0 aliphatic carbocycles. The number of piperidine rings is 1. The van der Waals surface area contributed by atoms with Crippen molar-refractivity contribution in [2.45, 2.75) is 38.1 Å². The number of fused-ring (bicyclic) bond motifs is 1. The van der Waals surface area contributed by atoms with E-state index in [-0.39, 0.29) is 17.6 Å². The van der Waals surface area contributed by atoms with Gasteiger partial charge in [-0.25, -0.2) is 0 Å². The van der Waals surface area contributed by atoms with Crippen LogP contribution < -0.4 is 10.2 Å². The molecule has 2 aliphatic rings. The van der Waals surface area contributed by atoms with Gasteiger partial charge in [0.25, 0.3) is 5.69 Å². The quantitative estimate of drug-likeness (QED) is 0.667. The van der Waals surface area contributed by atoms with E-state index < -0.39 is 10.3 Å². The highest BCUT2D eigenvalue weighted by Gasteiger charge is 2.47. The van der Waals surface area contributed by atoms with E-state index in [4.69, 9.17) is 0 Å². The van der Waals surface area contributed by atoms with Gasteiger partial charge >= 0.3 is 0 Å². The summed E-state index contributed by atoms with van der Waals surface area (Å²) in [7, 11) is 0. The lowest BCUT2D eigenvalue weighted by atomic mass is 9.86. The Hall–Kier alpha value is -1.95. The number of non-ortho nitro benzene ring substituents is 1. The minimum absolute atomic E-state index is 0.0433. The van der Waals surface area contributed by atoms with Gasteiger partial charge in [-0.05, 0) is 51.4 Å². The zero-order chi connectivity index (χ0) is 15.2. The number of amides is 1. The Morgan fingerprint density at radius 1 is 1.33 bits per heavy atom. The number of anilines is 1. The first-order valence-corrected chi connectivity index (χ1v) is 7.26. The number of benzene rings is 1. The molecule has 1 amide bonds. The van der Waals surface area contributed by atoms with Crippen LogP contribution >= 0.6 is 0 Å².